The molecule has 0 saturated heterocycles. The maximum absolute atomic E-state index is 11.1. The highest BCUT2D eigenvalue weighted by Crippen LogP contribution is 2.23. The zero-order chi connectivity index (χ0) is 14.7. The molecule has 3 rings (SSSR count). The number of para-hydroxylation sites is 1. The molecular formula is C16H15N3OS. The number of hydrogen-bond acceptors (Lipinski definition) is 4. The Morgan fingerprint density at radius 3 is 2.76 bits per heavy atom. The van der Waals surface area contributed by atoms with Gasteiger partial charge in [0.1, 0.15) is 5.01 Å². The fourth-order valence-electron chi connectivity index (χ4n) is 2.08. The van der Waals surface area contributed by atoms with E-state index in [9.17, 15) is 4.79 Å². The molecule has 21 heavy (non-hydrogen) atoms. The lowest BCUT2D eigenvalue weighted by molar-refractivity contribution is -0.114. The van der Waals surface area contributed by atoms with Crippen LogP contribution in [0.3, 0.4) is 0 Å². The Morgan fingerprint density at radius 2 is 1.95 bits per heavy atom. The van der Waals surface area contributed by atoms with Crippen LogP contribution in [-0.4, -0.2) is 10.9 Å². The zero-order valence-corrected chi connectivity index (χ0v) is 12.4. The van der Waals surface area contributed by atoms with Gasteiger partial charge in [-0.2, -0.15) is 0 Å². The molecule has 1 heterocycles. The quantitative estimate of drug-likeness (QED) is 0.768. The predicted octanol–water partition coefficient (Wildman–Crippen LogP) is 3.87. The highest BCUT2D eigenvalue weighted by atomic mass is 32.1. The number of benzene rings is 2. The molecule has 0 aliphatic rings. The van der Waals surface area contributed by atoms with Crippen molar-refractivity contribution < 1.29 is 4.79 Å². The largest absolute Gasteiger partial charge is 0.378 e. The minimum absolute atomic E-state index is 0.0710. The van der Waals surface area contributed by atoms with Crippen LogP contribution in [0.2, 0.25) is 0 Å². The van der Waals surface area contributed by atoms with Crippen molar-refractivity contribution in [1.82, 2.24) is 4.98 Å². The number of carbonyl (C=O) groups excluding carboxylic acids is 1. The first kappa shape index (κ1) is 13.6. The van der Waals surface area contributed by atoms with E-state index >= 15 is 0 Å². The standard InChI is InChI=1S/C16H15N3OS/c1-11(20)18-13-6-4-5-12(9-13)17-10-16-19-14-7-2-3-8-15(14)21-16/h2-9,17H,10H2,1H3,(H,18,20). The molecule has 0 atom stereocenters. The van der Waals surface area contributed by atoms with Gasteiger partial charge >= 0.3 is 0 Å². The van der Waals surface area contributed by atoms with Gasteiger partial charge in [0, 0.05) is 18.3 Å². The second-order valence-electron chi connectivity index (χ2n) is 4.69. The van der Waals surface area contributed by atoms with Crippen LogP contribution in [0, 0.1) is 0 Å². The van der Waals surface area contributed by atoms with Crippen molar-refractivity contribution in [3.8, 4) is 0 Å². The molecule has 0 radical (unpaired) electrons. The molecule has 2 N–H and O–H groups in total. The fourth-order valence-corrected chi connectivity index (χ4v) is 2.99. The van der Waals surface area contributed by atoms with Crippen LogP contribution in [0.25, 0.3) is 10.2 Å². The van der Waals surface area contributed by atoms with E-state index in [0.717, 1.165) is 21.9 Å². The minimum atomic E-state index is -0.0710. The summed E-state index contributed by atoms with van der Waals surface area (Å²) in [6, 6.07) is 15.8. The van der Waals surface area contributed by atoms with Crippen molar-refractivity contribution >= 4 is 38.8 Å². The van der Waals surface area contributed by atoms with Crippen LogP contribution in [0.4, 0.5) is 11.4 Å². The molecule has 2 aromatic carbocycles. The Kier molecular flexibility index (Phi) is 3.83. The molecule has 1 aromatic heterocycles. The lowest BCUT2D eigenvalue weighted by Crippen LogP contribution is -2.06. The van der Waals surface area contributed by atoms with Crippen molar-refractivity contribution in [2.75, 3.05) is 10.6 Å². The van der Waals surface area contributed by atoms with Crippen LogP contribution in [0.1, 0.15) is 11.9 Å². The van der Waals surface area contributed by atoms with Crippen LogP contribution in [0.5, 0.6) is 0 Å². The van der Waals surface area contributed by atoms with Crippen molar-refractivity contribution in [3.05, 3.63) is 53.5 Å². The van der Waals surface area contributed by atoms with Gasteiger partial charge in [-0.15, -0.1) is 11.3 Å². The van der Waals surface area contributed by atoms with Crippen LogP contribution >= 0.6 is 11.3 Å². The third-order valence-corrected chi connectivity index (χ3v) is 4.00. The summed E-state index contributed by atoms with van der Waals surface area (Å²) in [5, 5.41) is 7.15. The molecule has 0 aliphatic heterocycles. The van der Waals surface area contributed by atoms with Gasteiger partial charge in [0.25, 0.3) is 0 Å². The van der Waals surface area contributed by atoms with Crippen LogP contribution < -0.4 is 10.6 Å². The van der Waals surface area contributed by atoms with E-state index in [1.165, 1.54) is 11.6 Å². The average molecular weight is 297 g/mol. The Bertz CT molecular complexity index is 749. The summed E-state index contributed by atoms with van der Waals surface area (Å²) >= 11 is 1.69. The van der Waals surface area contributed by atoms with E-state index in [-0.39, 0.29) is 5.91 Å². The van der Waals surface area contributed by atoms with Gasteiger partial charge in [-0.05, 0) is 30.3 Å². The van der Waals surface area contributed by atoms with E-state index in [4.69, 9.17) is 0 Å². The zero-order valence-electron chi connectivity index (χ0n) is 11.6. The Hall–Kier alpha value is -2.40. The van der Waals surface area contributed by atoms with Gasteiger partial charge in [-0.3, -0.25) is 4.79 Å². The van der Waals surface area contributed by atoms with E-state index in [1.54, 1.807) is 11.3 Å². The number of nitrogens with zero attached hydrogens (tertiary/aromatic N) is 1. The molecule has 5 heteroatoms. The van der Waals surface area contributed by atoms with E-state index in [0.29, 0.717) is 6.54 Å². The maximum Gasteiger partial charge on any atom is 0.221 e. The van der Waals surface area contributed by atoms with Crippen molar-refractivity contribution in [2.45, 2.75) is 13.5 Å². The lowest BCUT2D eigenvalue weighted by Gasteiger charge is -2.07. The molecule has 0 aliphatic carbocycles. The molecular weight excluding hydrogens is 282 g/mol. The molecule has 3 aromatic rings. The number of amides is 1. The average Bonchev–Trinajstić information content (AvgIpc) is 2.87. The Balaban J connectivity index is 1.70. The number of rotatable bonds is 4. The Labute approximate surface area is 126 Å². The van der Waals surface area contributed by atoms with Gasteiger partial charge in [0.15, 0.2) is 0 Å². The van der Waals surface area contributed by atoms with Crippen molar-refractivity contribution in [2.24, 2.45) is 0 Å². The first-order valence-electron chi connectivity index (χ1n) is 6.67. The summed E-state index contributed by atoms with van der Waals surface area (Å²) < 4.78 is 1.20. The fraction of sp³-hybridized carbons (Fsp3) is 0.125. The predicted molar refractivity (Wildman–Crippen MR) is 87.7 cm³/mol. The highest BCUT2D eigenvalue weighted by Gasteiger charge is 2.03. The molecule has 0 bridgehead atoms. The number of aromatic nitrogens is 1. The lowest BCUT2D eigenvalue weighted by atomic mass is 10.2. The summed E-state index contributed by atoms with van der Waals surface area (Å²) in [5.41, 5.74) is 2.78. The highest BCUT2D eigenvalue weighted by molar-refractivity contribution is 7.18. The SMILES string of the molecule is CC(=O)Nc1cccc(NCc2nc3ccccc3s2)c1. The number of hydrogen-bond donors (Lipinski definition) is 2. The smallest absolute Gasteiger partial charge is 0.221 e. The van der Waals surface area contributed by atoms with Crippen molar-refractivity contribution in [3.63, 3.8) is 0 Å². The maximum atomic E-state index is 11.1. The molecule has 1 amide bonds. The number of fused-ring (bicyclic) bond motifs is 1. The number of nitrogens with one attached hydrogen (secondary N) is 2. The first-order valence-corrected chi connectivity index (χ1v) is 7.48. The van der Waals surface area contributed by atoms with Gasteiger partial charge in [0.05, 0.1) is 16.8 Å². The Morgan fingerprint density at radius 1 is 1.14 bits per heavy atom. The van der Waals surface area contributed by atoms with Crippen LogP contribution in [0.15, 0.2) is 48.5 Å². The minimum Gasteiger partial charge on any atom is -0.378 e. The summed E-state index contributed by atoms with van der Waals surface area (Å²) in [4.78, 5) is 15.6. The monoisotopic (exact) mass is 297 g/mol. The molecule has 0 fully saturated rings. The van der Waals surface area contributed by atoms with E-state index in [2.05, 4.69) is 21.7 Å². The molecule has 0 spiro atoms. The summed E-state index contributed by atoms with van der Waals surface area (Å²) in [7, 11) is 0. The summed E-state index contributed by atoms with van der Waals surface area (Å²) in [5.74, 6) is -0.0710. The van der Waals surface area contributed by atoms with E-state index < -0.39 is 0 Å². The molecule has 0 unspecified atom stereocenters. The van der Waals surface area contributed by atoms with Crippen molar-refractivity contribution in [1.29, 1.82) is 0 Å². The van der Waals surface area contributed by atoms with Gasteiger partial charge in [-0.25, -0.2) is 4.98 Å². The number of thiazole rings is 1. The molecule has 106 valence electrons. The third-order valence-electron chi connectivity index (χ3n) is 2.96. The summed E-state index contributed by atoms with van der Waals surface area (Å²) in [6.45, 7) is 2.17. The molecule has 0 saturated carbocycles. The second kappa shape index (κ2) is 5.93. The second-order valence-corrected chi connectivity index (χ2v) is 5.81. The third kappa shape index (κ3) is 3.38. The van der Waals surface area contributed by atoms with Gasteiger partial charge in [0.2, 0.25) is 5.91 Å². The van der Waals surface area contributed by atoms with Crippen LogP contribution in [-0.2, 0) is 11.3 Å². The topological polar surface area (TPSA) is 54.0 Å². The first-order chi connectivity index (χ1) is 10.2. The van der Waals surface area contributed by atoms with Gasteiger partial charge < -0.3 is 10.6 Å². The van der Waals surface area contributed by atoms with Gasteiger partial charge in [-0.1, -0.05) is 18.2 Å². The number of anilines is 2. The summed E-state index contributed by atoms with van der Waals surface area (Å²) in [6.07, 6.45) is 0. The van der Waals surface area contributed by atoms with E-state index in [1.807, 2.05) is 42.5 Å². The number of carbonyl (C=O) groups is 1. The molecule has 4 nitrogen and oxygen atoms in total. The normalized spacial score (nSPS) is 10.5.